The van der Waals surface area contributed by atoms with Crippen molar-refractivity contribution in [1.29, 1.82) is 0 Å². The van der Waals surface area contributed by atoms with Gasteiger partial charge in [-0.1, -0.05) is 13.8 Å². The molecule has 2 unspecified atom stereocenters. The number of nitrogens with zero attached hydrogens (tertiary/aromatic N) is 1. The van der Waals surface area contributed by atoms with Crippen molar-refractivity contribution < 1.29 is 25.2 Å². The van der Waals surface area contributed by atoms with Crippen molar-refractivity contribution in [2.75, 3.05) is 27.2 Å². The number of carbonyl (C=O) groups is 1. The molecular weight excluding hydrogens is 290 g/mol. The number of fused-ring (bicyclic) bond motifs is 3. The average Bonchev–Trinajstić information content (AvgIpc) is 2.56. The summed E-state index contributed by atoms with van der Waals surface area (Å²) in [5.41, 5.74) is 1.03. The van der Waals surface area contributed by atoms with Gasteiger partial charge in [-0.15, -0.1) is 0 Å². The van der Waals surface area contributed by atoms with Gasteiger partial charge in [0.15, 0.2) is 11.5 Å². The highest BCUT2D eigenvalue weighted by atomic mass is 16.5. The van der Waals surface area contributed by atoms with E-state index in [9.17, 15) is 4.79 Å². The Hall–Kier alpha value is -1.55. The lowest BCUT2D eigenvalue weighted by Gasteiger charge is -2.43. The first-order valence-corrected chi connectivity index (χ1v) is 7.91. The minimum absolute atomic E-state index is 0.247. The molecule has 0 N–H and O–H groups in total. The Kier molecular flexibility index (Phi) is 2.57. The third-order valence-electron chi connectivity index (χ3n) is 4.61. The predicted molar refractivity (Wildman–Crippen MR) is 90.1 cm³/mol. The van der Waals surface area contributed by atoms with Gasteiger partial charge in [0, 0.05) is 34.2 Å². The first-order chi connectivity index (χ1) is 14.1. The molecule has 2 atom stereocenters. The van der Waals surface area contributed by atoms with Gasteiger partial charge < -0.3 is 9.47 Å². The molecule has 0 amide bonds. The first kappa shape index (κ1) is 9.07. The molecule has 0 saturated carbocycles. The van der Waals surface area contributed by atoms with Crippen LogP contribution in [0.25, 0.3) is 0 Å². The Morgan fingerprint density at radius 3 is 2.78 bits per heavy atom. The number of methoxy groups -OCH3 is 2. The molecule has 0 aliphatic carbocycles. The fraction of sp³-hybridized carbons (Fsp3) is 0.632. The molecule has 4 heteroatoms. The van der Waals surface area contributed by atoms with Crippen molar-refractivity contribution >= 4 is 5.78 Å². The zero-order chi connectivity index (χ0) is 23.4. The molecule has 23 heavy (non-hydrogen) atoms. The Morgan fingerprint density at radius 1 is 1.35 bits per heavy atom. The monoisotopic (exact) mass is 325 g/mol. The molecule has 2 heterocycles. The maximum atomic E-state index is 13.0. The van der Waals surface area contributed by atoms with E-state index in [1.165, 1.54) is 12.1 Å². The van der Waals surface area contributed by atoms with Crippen molar-refractivity contribution in [2.45, 2.75) is 39.1 Å². The van der Waals surface area contributed by atoms with Gasteiger partial charge in [0.25, 0.3) is 0 Å². The third kappa shape index (κ3) is 3.09. The van der Waals surface area contributed by atoms with Crippen LogP contribution in [0.3, 0.4) is 0 Å². The number of carbonyl (C=O) groups excluding carboxylic acids is 1. The van der Waals surface area contributed by atoms with Crippen LogP contribution in [-0.4, -0.2) is 37.8 Å². The van der Waals surface area contributed by atoms with E-state index in [4.69, 9.17) is 20.4 Å². The lowest BCUT2D eigenvalue weighted by molar-refractivity contribution is -0.129. The van der Waals surface area contributed by atoms with Gasteiger partial charge in [-0.2, -0.15) is 0 Å². The number of rotatable bonds is 4. The van der Waals surface area contributed by atoms with E-state index in [1.54, 1.807) is 0 Å². The quantitative estimate of drug-likeness (QED) is 0.852. The van der Waals surface area contributed by atoms with Gasteiger partial charge in [-0.05, 0) is 42.0 Å². The molecule has 4 nitrogen and oxygen atoms in total. The summed E-state index contributed by atoms with van der Waals surface area (Å²) < 4.78 is 71.4. The van der Waals surface area contributed by atoms with Crippen molar-refractivity contribution in [2.24, 2.45) is 11.8 Å². The molecule has 1 aromatic rings. The Morgan fingerprint density at radius 2 is 2.09 bits per heavy atom. The zero-order valence-corrected chi connectivity index (χ0v) is 13.4. The first-order valence-electron chi connectivity index (χ1n) is 11.9. The van der Waals surface area contributed by atoms with E-state index in [0.717, 1.165) is 0 Å². The van der Waals surface area contributed by atoms with Crippen LogP contribution >= 0.6 is 0 Å². The van der Waals surface area contributed by atoms with Gasteiger partial charge in [0.1, 0.15) is 5.78 Å². The minimum Gasteiger partial charge on any atom is -0.493 e. The fourth-order valence-electron chi connectivity index (χ4n) is 3.57. The van der Waals surface area contributed by atoms with Gasteiger partial charge in [0.2, 0.25) is 0 Å². The molecule has 3 rings (SSSR count). The van der Waals surface area contributed by atoms with E-state index in [0.29, 0.717) is 37.1 Å². The van der Waals surface area contributed by atoms with Crippen LogP contribution in [0.5, 0.6) is 11.5 Å². The molecule has 2 aliphatic heterocycles. The highest BCUT2D eigenvalue weighted by Crippen LogP contribution is 2.42. The van der Waals surface area contributed by atoms with Crippen LogP contribution in [0.1, 0.15) is 54.8 Å². The van der Waals surface area contributed by atoms with E-state index >= 15 is 0 Å². The number of ether oxygens (including phenoxy) is 2. The molecular formula is C19H27NO3. The lowest BCUT2D eigenvalue weighted by atomic mass is 9.80. The summed E-state index contributed by atoms with van der Waals surface area (Å²) in [6.07, 6.45) is -1.11. The highest BCUT2D eigenvalue weighted by molar-refractivity contribution is 5.83. The maximum absolute atomic E-state index is 13.0. The van der Waals surface area contributed by atoms with Crippen molar-refractivity contribution in [3.8, 4) is 11.5 Å². The molecule has 1 fully saturated rings. The van der Waals surface area contributed by atoms with E-state index in [1.807, 2.05) is 18.7 Å². The summed E-state index contributed by atoms with van der Waals surface area (Å²) in [6.45, 7) is 4.89. The summed E-state index contributed by atoms with van der Waals surface area (Å²) in [5, 5.41) is 0. The topological polar surface area (TPSA) is 38.8 Å². The van der Waals surface area contributed by atoms with Crippen LogP contribution in [0, 0.1) is 11.8 Å². The van der Waals surface area contributed by atoms with E-state index in [-0.39, 0.29) is 17.4 Å². The molecule has 2 aliphatic rings. The molecule has 1 saturated heterocycles. The van der Waals surface area contributed by atoms with Crippen molar-refractivity contribution in [1.82, 2.24) is 4.90 Å². The Labute approximate surface area is 150 Å². The second kappa shape index (κ2) is 6.52. The normalized spacial score (nSPS) is 32.7. The second-order valence-electron chi connectivity index (χ2n) is 6.68. The SMILES string of the molecule is [2H]C([2H])([2H])Oc1cc2c(cc1OC([2H])([2H])[2H])C1N(CC2)CC(CC(C)C)C(=O)C1([2H])[2H]. The Bertz CT molecular complexity index is 850. The van der Waals surface area contributed by atoms with Crippen LogP contribution < -0.4 is 9.47 Å². The standard InChI is InChI=1S/C19H27NO3/c1-12(2)7-14-11-20-6-5-13-8-18(22-3)19(23-4)9-15(13)16(20)10-17(14)21/h8-9,12,14,16H,5-7,10-11H2,1-4H3/i3D3,4D3,10D2. The molecule has 0 bridgehead atoms. The fourth-order valence-corrected chi connectivity index (χ4v) is 3.57. The third-order valence-corrected chi connectivity index (χ3v) is 4.61. The number of hydrogen-bond donors (Lipinski definition) is 0. The largest absolute Gasteiger partial charge is 0.493 e. The summed E-state index contributed by atoms with van der Waals surface area (Å²) in [5.74, 6) is -1.19. The summed E-state index contributed by atoms with van der Waals surface area (Å²) >= 11 is 0. The average molecular weight is 325 g/mol. The van der Waals surface area contributed by atoms with E-state index in [2.05, 4.69) is 0 Å². The predicted octanol–water partition coefficient (Wildman–Crippen LogP) is 3.24. The number of benzene rings is 1. The van der Waals surface area contributed by atoms with Gasteiger partial charge in [-0.3, -0.25) is 9.69 Å². The Balaban J connectivity index is 2.07. The second-order valence-corrected chi connectivity index (χ2v) is 6.68. The summed E-state index contributed by atoms with van der Waals surface area (Å²) in [6, 6.07) is 1.79. The number of Topliss-reactive ketones (excluding diaryl/α,β-unsaturated/α-hetero) is 1. The lowest BCUT2D eigenvalue weighted by Crippen LogP contribution is -2.46. The number of piperidine rings is 1. The van der Waals surface area contributed by atoms with Crippen LogP contribution in [0.4, 0.5) is 0 Å². The number of hydrogen-bond acceptors (Lipinski definition) is 4. The molecule has 0 aromatic heterocycles. The number of ketones is 1. The van der Waals surface area contributed by atoms with Gasteiger partial charge in [0.05, 0.1) is 22.3 Å². The maximum Gasteiger partial charge on any atom is 0.161 e. The molecule has 0 spiro atoms. The molecule has 1 aromatic carbocycles. The summed E-state index contributed by atoms with van der Waals surface area (Å²) in [7, 11) is -5.68. The zero-order valence-electron chi connectivity index (χ0n) is 21.4. The van der Waals surface area contributed by atoms with Crippen LogP contribution in [0.15, 0.2) is 12.1 Å². The van der Waals surface area contributed by atoms with Gasteiger partial charge >= 0.3 is 0 Å². The van der Waals surface area contributed by atoms with Crippen LogP contribution in [0.2, 0.25) is 0 Å². The summed E-state index contributed by atoms with van der Waals surface area (Å²) in [4.78, 5) is 14.9. The van der Waals surface area contributed by atoms with Gasteiger partial charge in [-0.25, -0.2) is 0 Å². The van der Waals surface area contributed by atoms with E-state index < -0.39 is 38.2 Å². The molecule has 126 valence electrons. The highest BCUT2D eigenvalue weighted by Gasteiger charge is 2.38. The van der Waals surface area contributed by atoms with Crippen molar-refractivity contribution in [3.63, 3.8) is 0 Å². The molecule has 0 radical (unpaired) electrons. The smallest absolute Gasteiger partial charge is 0.161 e. The van der Waals surface area contributed by atoms with Crippen LogP contribution in [-0.2, 0) is 11.2 Å². The van der Waals surface area contributed by atoms with Crippen molar-refractivity contribution in [3.05, 3.63) is 23.3 Å². The minimum atomic E-state index is -2.86.